The summed E-state index contributed by atoms with van der Waals surface area (Å²) < 4.78 is 0. The Labute approximate surface area is 104 Å². The molecule has 0 saturated carbocycles. The lowest BCUT2D eigenvalue weighted by atomic mass is 10.1. The molecule has 1 aromatic carbocycles. The maximum Gasteiger partial charge on any atom is 0.261 e. The third-order valence-corrected chi connectivity index (χ3v) is 2.84. The highest BCUT2D eigenvalue weighted by Gasteiger charge is 2.32. The fourth-order valence-electron chi connectivity index (χ4n) is 1.77. The Hall–Kier alpha value is -1.92. The van der Waals surface area contributed by atoms with Gasteiger partial charge in [-0.05, 0) is 18.2 Å². The molecule has 2 amide bonds. The molecule has 0 radical (unpaired) electrons. The van der Waals surface area contributed by atoms with Crippen molar-refractivity contribution in [1.82, 2.24) is 4.90 Å². The van der Waals surface area contributed by atoms with Gasteiger partial charge in [-0.25, -0.2) is 0 Å². The molecule has 2 rings (SSSR count). The number of nitrogens with zero attached hydrogens (tertiary/aromatic N) is 1. The van der Waals surface area contributed by atoms with E-state index < -0.39 is 6.10 Å². The van der Waals surface area contributed by atoms with Crippen LogP contribution in [0, 0.1) is 0 Å². The maximum absolute atomic E-state index is 11.7. The fourth-order valence-corrected chi connectivity index (χ4v) is 1.77. The van der Waals surface area contributed by atoms with Crippen molar-refractivity contribution >= 4 is 17.5 Å². The molecule has 0 saturated heterocycles. The summed E-state index contributed by atoms with van der Waals surface area (Å²) in [6, 6.07) is 4.81. The van der Waals surface area contributed by atoms with Crippen molar-refractivity contribution < 1.29 is 19.8 Å². The van der Waals surface area contributed by atoms with E-state index in [2.05, 4.69) is 5.32 Å². The Morgan fingerprint density at radius 1 is 1.28 bits per heavy atom. The molecule has 0 aromatic heterocycles. The number of imide groups is 1. The predicted molar refractivity (Wildman–Crippen MR) is 64.4 cm³/mol. The summed E-state index contributed by atoms with van der Waals surface area (Å²) in [6.07, 6.45) is -0.863. The molecule has 1 aliphatic heterocycles. The zero-order valence-corrected chi connectivity index (χ0v) is 9.88. The van der Waals surface area contributed by atoms with Crippen LogP contribution in [0.1, 0.15) is 20.7 Å². The van der Waals surface area contributed by atoms with E-state index in [0.717, 1.165) is 4.90 Å². The Balaban J connectivity index is 2.19. The molecular weight excluding hydrogens is 236 g/mol. The largest absolute Gasteiger partial charge is 0.394 e. The van der Waals surface area contributed by atoms with Crippen LogP contribution in [-0.2, 0) is 0 Å². The third-order valence-electron chi connectivity index (χ3n) is 2.84. The standard InChI is InChI=1S/C12H14N2O4/c1-14-11(17)9-3-2-7(4-10(9)12(14)18)13-5-8(16)6-15/h2-4,8,13,15-16H,5-6H2,1H3/t8-/m0/s1. The quantitative estimate of drug-likeness (QED) is 0.637. The molecule has 1 atom stereocenters. The van der Waals surface area contributed by atoms with E-state index in [0.29, 0.717) is 16.8 Å². The van der Waals surface area contributed by atoms with Gasteiger partial charge >= 0.3 is 0 Å². The van der Waals surface area contributed by atoms with Crippen molar-refractivity contribution in [3.05, 3.63) is 29.3 Å². The predicted octanol–water partition coefficient (Wildman–Crippen LogP) is -0.323. The number of amides is 2. The molecule has 6 nitrogen and oxygen atoms in total. The number of hydrogen-bond donors (Lipinski definition) is 3. The Morgan fingerprint density at radius 3 is 2.61 bits per heavy atom. The van der Waals surface area contributed by atoms with E-state index in [1.165, 1.54) is 7.05 Å². The minimum atomic E-state index is -0.863. The van der Waals surface area contributed by atoms with Crippen LogP contribution in [0.25, 0.3) is 0 Å². The number of carbonyl (C=O) groups excluding carboxylic acids is 2. The lowest BCUT2D eigenvalue weighted by Gasteiger charge is -2.10. The fraction of sp³-hybridized carbons (Fsp3) is 0.333. The summed E-state index contributed by atoms with van der Waals surface area (Å²) in [7, 11) is 1.44. The molecule has 0 bridgehead atoms. The van der Waals surface area contributed by atoms with Crippen molar-refractivity contribution in [2.75, 3.05) is 25.5 Å². The summed E-state index contributed by atoms with van der Waals surface area (Å²) in [5, 5.41) is 20.8. The lowest BCUT2D eigenvalue weighted by Crippen LogP contribution is -2.24. The van der Waals surface area contributed by atoms with E-state index in [4.69, 9.17) is 5.11 Å². The van der Waals surface area contributed by atoms with Gasteiger partial charge in [0.05, 0.1) is 23.8 Å². The number of hydrogen-bond acceptors (Lipinski definition) is 5. The van der Waals surface area contributed by atoms with Gasteiger partial charge in [0.2, 0.25) is 0 Å². The lowest BCUT2D eigenvalue weighted by molar-refractivity contribution is 0.0693. The van der Waals surface area contributed by atoms with Gasteiger partial charge in [0.15, 0.2) is 0 Å². The van der Waals surface area contributed by atoms with Gasteiger partial charge in [-0.15, -0.1) is 0 Å². The molecule has 96 valence electrons. The van der Waals surface area contributed by atoms with Crippen LogP contribution < -0.4 is 5.32 Å². The van der Waals surface area contributed by atoms with Gasteiger partial charge in [0, 0.05) is 19.3 Å². The van der Waals surface area contributed by atoms with E-state index in [1.807, 2.05) is 0 Å². The maximum atomic E-state index is 11.7. The number of aliphatic hydroxyl groups is 2. The third kappa shape index (κ3) is 2.07. The minimum Gasteiger partial charge on any atom is -0.394 e. The Bertz CT molecular complexity index is 501. The Morgan fingerprint density at radius 2 is 1.94 bits per heavy atom. The molecule has 1 aromatic rings. The number of aliphatic hydroxyl groups excluding tert-OH is 2. The van der Waals surface area contributed by atoms with Crippen molar-refractivity contribution in [1.29, 1.82) is 0 Å². The number of benzene rings is 1. The van der Waals surface area contributed by atoms with Crippen LogP contribution in [0.4, 0.5) is 5.69 Å². The second-order valence-corrected chi connectivity index (χ2v) is 4.15. The molecule has 3 N–H and O–H groups in total. The van der Waals surface area contributed by atoms with E-state index in [1.54, 1.807) is 18.2 Å². The molecular formula is C12H14N2O4. The molecule has 1 heterocycles. The Kier molecular flexibility index (Phi) is 3.31. The molecule has 6 heteroatoms. The highest BCUT2D eigenvalue weighted by molar-refractivity contribution is 6.21. The van der Waals surface area contributed by atoms with Crippen LogP contribution in [0.5, 0.6) is 0 Å². The van der Waals surface area contributed by atoms with E-state index in [-0.39, 0.29) is 25.0 Å². The number of fused-ring (bicyclic) bond motifs is 1. The smallest absolute Gasteiger partial charge is 0.261 e. The molecule has 0 unspecified atom stereocenters. The molecule has 0 spiro atoms. The topological polar surface area (TPSA) is 89.9 Å². The first-order valence-corrected chi connectivity index (χ1v) is 5.54. The monoisotopic (exact) mass is 250 g/mol. The van der Waals surface area contributed by atoms with Crippen LogP contribution in [0.15, 0.2) is 18.2 Å². The zero-order chi connectivity index (χ0) is 13.3. The van der Waals surface area contributed by atoms with Crippen molar-refractivity contribution in [2.45, 2.75) is 6.10 Å². The van der Waals surface area contributed by atoms with Crippen molar-refractivity contribution in [3.63, 3.8) is 0 Å². The molecule has 18 heavy (non-hydrogen) atoms. The summed E-state index contributed by atoms with van der Waals surface area (Å²) in [4.78, 5) is 24.5. The average Bonchev–Trinajstić information content (AvgIpc) is 2.61. The summed E-state index contributed by atoms with van der Waals surface area (Å²) >= 11 is 0. The highest BCUT2D eigenvalue weighted by atomic mass is 16.3. The molecule has 0 aliphatic carbocycles. The van der Waals surface area contributed by atoms with Crippen molar-refractivity contribution in [3.8, 4) is 0 Å². The number of nitrogens with one attached hydrogen (secondary N) is 1. The average molecular weight is 250 g/mol. The highest BCUT2D eigenvalue weighted by Crippen LogP contribution is 2.24. The van der Waals surface area contributed by atoms with Crippen LogP contribution in [0.3, 0.4) is 0 Å². The van der Waals surface area contributed by atoms with Gasteiger partial charge in [0.25, 0.3) is 11.8 Å². The van der Waals surface area contributed by atoms with Gasteiger partial charge in [-0.1, -0.05) is 0 Å². The summed E-state index contributed by atoms with van der Waals surface area (Å²) in [5.74, 6) is -0.640. The second-order valence-electron chi connectivity index (χ2n) is 4.15. The minimum absolute atomic E-state index is 0.174. The summed E-state index contributed by atoms with van der Waals surface area (Å²) in [6.45, 7) is -0.161. The van der Waals surface area contributed by atoms with Gasteiger partial charge in [-0.3, -0.25) is 14.5 Å². The van der Waals surface area contributed by atoms with Crippen LogP contribution in [-0.4, -0.2) is 53.2 Å². The first-order valence-electron chi connectivity index (χ1n) is 5.54. The van der Waals surface area contributed by atoms with Gasteiger partial charge in [-0.2, -0.15) is 0 Å². The van der Waals surface area contributed by atoms with Crippen LogP contribution in [0.2, 0.25) is 0 Å². The number of carbonyl (C=O) groups is 2. The second kappa shape index (κ2) is 4.75. The molecule has 0 fully saturated rings. The van der Waals surface area contributed by atoms with Gasteiger partial charge in [0.1, 0.15) is 0 Å². The SMILES string of the molecule is CN1C(=O)c2ccc(NC[C@H](O)CO)cc2C1=O. The molecule has 1 aliphatic rings. The van der Waals surface area contributed by atoms with E-state index >= 15 is 0 Å². The van der Waals surface area contributed by atoms with Crippen LogP contribution >= 0.6 is 0 Å². The number of anilines is 1. The first kappa shape index (κ1) is 12.5. The normalized spacial score (nSPS) is 15.8. The van der Waals surface area contributed by atoms with E-state index in [9.17, 15) is 14.7 Å². The zero-order valence-electron chi connectivity index (χ0n) is 9.88. The summed E-state index contributed by atoms with van der Waals surface area (Å²) in [5.41, 5.74) is 1.36. The van der Waals surface area contributed by atoms with Crippen molar-refractivity contribution in [2.24, 2.45) is 0 Å². The van der Waals surface area contributed by atoms with Gasteiger partial charge < -0.3 is 15.5 Å². The number of rotatable bonds is 4. The first-order chi connectivity index (χ1) is 8.54.